The van der Waals surface area contributed by atoms with Crippen molar-refractivity contribution >= 4 is 22.5 Å². The molecule has 8 nitrogen and oxygen atoms in total. The average molecular weight is 527 g/mol. The maximum absolute atomic E-state index is 13.2. The fraction of sp³-hybridized carbons (Fsp3) is 0.226. The minimum absolute atomic E-state index is 0.198. The number of anilines is 1. The molecule has 0 aromatic heterocycles. The van der Waals surface area contributed by atoms with Gasteiger partial charge in [-0.1, -0.05) is 36.4 Å². The summed E-state index contributed by atoms with van der Waals surface area (Å²) in [5.74, 6) is 1.68. The molecule has 5 rings (SSSR count). The Morgan fingerprint density at radius 2 is 1.54 bits per heavy atom. The van der Waals surface area contributed by atoms with Crippen LogP contribution in [0.25, 0.3) is 21.9 Å². The molecule has 0 saturated carbocycles. The van der Waals surface area contributed by atoms with Gasteiger partial charge in [-0.15, -0.1) is 0 Å². The van der Waals surface area contributed by atoms with Gasteiger partial charge in [-0.3, -0.25) is 4.79 Å². The highest BCUT2D eigenvalue weighted by atomic mass is 16.5. The molecular formula is C31H30N2O6. The molecule has 1 aliphatic rings. The zero-order chi connectivity index (χ0) is 27.5. The van der Waals surface area contributed by atoms with E-state index < -0.39 is 6.04 Å². The Balaban J connectivity index is 1.58. The van der Waals surface area contributed by atoms with Crippen molar-refractivity contribution in [2.24, 2.45) is 0 Å². The Bertz CT molecular complexity index is 1620. The minimum atomic E-state index is -0.473. The first-order valence-electron chi connectivity index (χ1n) is 12.6. The Morgan fingerprint density at radius 1 is 0.795 bits per heavy atom. The van der Waals surface area contributed by atoms with Crippen molar-refractivity contribution in [2.75, 3.05) is 33.8 Å². The number of fused-ring (bicyclic) bond motifs is 4. The Hall–Kier alpha value is -4.72. The van der Waals surface area contributed by atoms with Gasteiger partial charge in [0.1, 0.15) is 0 Å². The molecule has 2 N–H and O–H groups in total. The van der Waals surface area contributed by atoms with Crippen LogP contribution in [0.15, 0.2) is 71.5 Å². The van der Waals surface area contributed by atoms with Crippen molar-refractivity contribution in [2.45, 2.75) is 18.9 Å². The summed E-state index contributed by atoms with van der Waals surface area (Å²) in [6, 6.07) is 19.8. The van der Waals surface area contributed by atoms with Crippen molar-refractivity contribution in [3.63, 3.8) is 0 Å². The van der Waals surface area contributed by atoms with Crippen LogP contribution in [-0.4, -0.2) is 34.5 Å². The third-order valence-corrected chi connectivity index (χ3v) is 7.03. The van der Waals surface area contributed by atoms with Crippen molar-refractivity contribution in [1.29, 1.82) is 0 Å². The fourth-order valence-electron chi connectivity index (χ4n) is 5.21. The summed E-state index contributed by atoms with van der Waals surface area (Å²) in [6.07, 6.45) is 1.13. The molecule has 200 valence electrons. The predicted octanol–water partition coefficient (Wildman–Crippen LogP) is 5.71. The molecule has 0 bridgehead atoms. The van der Waals surface area contributed by atoms with Crippen LogP contribution in [0.2, 0.25) is 0 Å². The maximum atomic E-state index is 13.2. The van der Waals surface area contributed by atoms with Crippen LogP contribution < -0.4 is 35.0 Å². The van der Waals surface area contributed by atoms with Crippen LogP contribution in [0.4, 0.5) is 10.5 Å². The highest BCUT2D eigenvalue weighted by molar-refractivity contribution is 5.94. The van der Waals surface area contributed by atoms with Crippen molar-refractivity contribution in [1.82, 2.24) is 5.32 Å². The largest absolute Gasteiger partial charge is 0.493 e. The number of rotatable bonds is 6. The molecular weight excluding hydrogens is 496 g/mol. The number of nitrogens with one attached hydrogen (secondary N) is 2. The van der Waals surface area contributed by atoms with Gasteiger partial charge in [-0.2, -0.15) is 0 Å². The molecule has 4 aromatic carbocycles. The van der Waals surface area contributed by atoms with Gasteiger partial charge in [0.05, 0.1) is 34.5 Å². The third-order valence-electron chi connectivity index (χ3n) is 7.03. The lowest BCUT2D eigenvalue weighted by atomic mass is 9.95. The van der Waals surface area contributed by atoms with E-state index in [4.69, 9.17) is 18.9 Å². The number of amides is 2. The molecule has 0 aliphatic heterocycles. The van der Waals surface area contributed by atoms with E-state index in [2.05, 4.69) is 10.6 Å². The molecule has 0 radical (unpaired) electrons. The zero-order valence-corrected chi connectivity index (χ0v) is 22.3. The van der Waals surface area contributed by atoms with Crippen molar-refractivity contribution in [3.05, 3.63) is 88.1 Å². The van der Waals surface area contributed by atoms with Crippen molar-refractivity contribution in [3.8, 4) is 34.1 Å². The quantitative estimate of drug-likeness (QED) is 0.334. The second-order valence-corrected chi connectivity index (χ2v) is 9.21. The SMILES string of the molecule is COc1cc2c(c(OC)c1OC)-c1ccc(OC)c(=O)cc1[C@@H](NC(=O)Nc1ccc3ccccc3c1)CC2. The van der Waals surface area contributed by atoms with Gasteiger partial charge in [-0.25, -0.2) is 4.79 Å². The number of aryl methyl sites for hydroxylation is 1. The number of methoxy groups -OCH3 is 4. The maximum Gasteiger partial charge on any atom is 0.319 e. The van der Waals surface area contributed by atoms with E-state index >= 15 is 0 Å². The number of benzene rings is 3. The normalized spacial score (nSPS) is 13.9. The lowest BCUT2D eigenvalue weighted by Gasteiger charge is -2.20. The first-order valence-corrected chi connectivity index (χ1v) is 12.6. The summed E-state index contributed by atoms with van der Waals surface area (Å²) in [5.41, 5.74) is 3.50. The van der Waals surface area contributed by atoms with E-state index in [0.717, 1.165) is 27.5 Å². The zero-order valence-electron chi connectivity index (χ0n) is 22.3. The molecule has 39 heavy (non-hydrogen) atoms. The van der Waals surface area contributed by atoms with Crippen LogP contribution >= 0.6 is 0 Å². The van der Waals surface area contributed by atoms with Crippen LogP contribution in [0.1, 0.15) is 23.6 Å². The molecule has 0 spiro atoms. The topological polar surface area (TPSA) is 95.1 Å². The first-order chi connectivity index (χ1) is 19.0. The highest BCUT2D eigenvalue weighted by Gasteiger charge is 2.30. The summed E-state index contributed by atoms with van der Waals surface area (Å²) in [6.45, 7) is 0. The number of hydrogen-bond donors (Lipinski definition) is 2. The lowest BCUT2D eigenvalue weighted by Crippen LogP contribution is -2.33. The van der Waals surface area contributed by atoms with E-state index in [1.165, 1.54) is 13.2 Å². The standard InChI is InChI=1S/C31H30N2O6/c1-36-26-14-12-22-23(17-25(26)34)24(13-10-20-16-27(37-2)29(38-3)30(39-4)28(20)22)33-31(35)32-21-11-9-18-7-5-6-8-19(18)15-21/h5-9,11-12,14-17,24H,10,13H2,1-4H3,(H2,32,33,35)/t24-/m0/s1. The third kappa shape index (κ3) is 4.93. The molecule has 0 saturated heterocycles. The molecule has 8 heteroatoms. The molecule has 1 atom stereocenters. The van der Waals surface area contributed by atoms with Gasteiger partial charge in [0, 0.05) is 11.3 Å². The summed E-state index contributed by atoms with van der Waals surface area (Å²) >= 11 is 0. The highest BCUT2D eigenvalue weighted by Crippen LogP contribution is 2.50. The second-order valence-electron chi connectivity index (χ2n) is 9.21. The number of carbonyl (C=O) groups is 1. The number of hydrogen-bond acceptors (Lipinski definition) is 6. The van der Waals surface area contributed by atoms with Crippen LogP contribution in [0.3, 0.4) is 0 Å². The smallest absolute Gasteiger partial charge is 0.319 e. The number of urea groups is 1. The number of carbonyl (C=O) groups excluding carboxylic acids is 1. The molecule has 0 heterocycles. The summed E-state index contributed by atoms with van der Waals surface area (Å²) in [7, 11) is 6.15. The van der Waals surface area contributed by atoms with Gasteiger partial charge >= 0.3 is 6.03 Å². The van der Waals surface area contributed by atoms with Gasteiger partial charge in [0.15, 0.2) is 17.2 Å². The summed E-state index contributed by atoms with van der Waals surface area (Å²) in [4.78, 5) is 26.3. The fourth-order valence-corrected chi connectivity index (χ4v) is 5.21. The summed E-state index contributed by atoms with van der Waals surface area (Å²) in [5, 5.41) is 8.14. The Labute approximate surface area is 226 Å². The van der Waals surface area contributed by atoms with E-state index in [1.807, 2.05) is 54.6 Å². The molecule has 1 aliphatic carbocycles. The van der Waals surface area contributed by atoms with Gasteiger partial charge in [-0.05, 0) is 70.6 Å². The van der Waals surface area contributed by atoms with Gasteiger partial charge in [0.2, 0.25) is 11.2 Å². The van der Waals surface area contributed by atoms with Gasteiger partial charge in [0.25, 0.3) is 0 Å². The Morgan fingerprint density at radius 3 is 2.26 bits per heavy atom. The van der Waals surface area contributed by atoms with E-state index in [0.29, 0.717) is 41.3 Å². The van der Waals surface area contributed by atoms with E-state index in [-0.39, 0.29) is 17.2 Å². The Kier molecular flexibility index (Phi) is 7.27. The molecule has 4 aromatic rings. The molecule has 2 amide bonds. The molecule has 0 unspecified atom stereocenters. The predicted molar refractivity (Wildman–Crippen MR) is 152 cm³/mol. The lowest BCUT2D eigenvalue weighted by molar-refractivity contribution is 0.248. The monoisotopic (exact) mass is 526 g/mol. The second kappa shape index (κ2) is 10.9. The van der Waals surface area contributed by atoms with E-state index in [1.54, 1.807) is 27.4 Å². The van der Waals surface area contributed by atoms with Crippen LogP contribution in [-0.2, 0) is 6.42 Å². The van der Waals surface area contributed by atoms with Crippen LogP contribution in [0.5, 0.6) is 23.0 Å². The summed E-state index contributed by atoms with van der Waals surface area (Å²) < 4.78 is 22.4. The van der Waals surface area contributed by atoms with Crippen molar-refractivity contribution < 1.29 is 23.7 Å². The average Bonchev–Trinajstić information content (AvgIpc) is 3.20. The first kappa shape index (κ1) is 25.9. The molecule has 0 fully saturated rings. The van der Waals surface area contributed by atoms with Crippen LogP contribution in [0, 0.1) is 0 Å². The number of ether oxygens (including phenoxy) is 4. The van der Waals surface area contributed by atoms with E-state index in [9.17, 15) is 9.59 Å². The van der Waals surface area contributed by atoms with Gasteiger partial charge < -0.3 is 29.6 Å². The minimum Gasteiger partial charge on any atom is -0.493 e.